The van der Waals surface area contributed by atoms with Gasteiger partial charge in [0.25, 0.3) is 5.91 Å². The van der Waals surface area contributed by atoms with Crippen LogP contribution in [0.1, 0.15) is 34.2 Å². The van der Waals surface area contributed by atoms with Crippen molar-refractivity contribution >= 4 is 29.3 Å². The first-order chi connectivity index (χ1) is 14.9. The number of nitrogens with two attached hydrogens (primary N) is 1. The van der Waals surface area contributed by atoms with Crippen molar-refractivity contribution in [1.29, 1.82) is 0 Å². The van der Waals surface area contributed by atoms with Gasteiger partial charge in [0.15, 0.2) is 11.0 Å². The highest BCUT2D eigenvalue weighted by Gasteiger charge is 2.15. The van der Waals surface area contributed by atoms with Crippen LogP contribution in [-0.4, -0.2) is 32.3 Å². The minimum absolute atomic E-state index is 0.114. The van der Waals surface area contributed by atoms with Gasteiger partial charge in [-0.05, 0) is 56.2 Å². The molecule has 0 spiro atoms. The SMILES string of the molecule is CCn1c(COc2cc(C)cc(C)c2)nnc1SCC(=O)Nc1ccccc1C(N)=O. The van der Waals surface area contributed by atoms with Gasteiger partial charge in [-0.15, -0.1) is 10.2 Å². The van der Waals surface area contributed by atoms with Crippen molar-refractivity contribution in [1.82, 2.24) is 14.8 Å². The predicted molar refractivity (Wildman–Crippen MR) is 120 cm³/mol. The summed E-state index contributed by atoms with van der Waals surface area (Å²) < 4.78 is 7.81. The van der Waals surface area contributed by atoms with Gasteiger partial charge >= 0.3 is 0 Å². The summed E-state index contributed by atoms with van der Waals surface area (Å²) in [6.45, 7) is 6.96. The summed E-state index contributed by atoms with van der Waals surface area (Å²) >= 11 is 1.27. The monoisotopic (exact) mass is 439 g/mol. The minimum Gasteiger partial charge on any atom is -0.486 e. The molecule has 0 fully saturated rings. The van der Waals surface area contributed by atoms with Gasteiger partial charge in [0.05, 0.1) is 17.0 Å². The lowest BCUT2D eigenvalue weighted by molar-refractivity contribution is -0.113. The zero-order valence-electron chi connectivity index (χ0n) is 17.7. The zero-order valence-corrected chi connectivity index (χ0v) is 18.5. The van der Waals surface area contributed by atoms with Crippen LogP contribution in [0.25, 0.3) is 0 Å². The highest BCUT2D eigenvalue weighted by Crippen LogP contribution is 2.21. The van der Waals surface area contributed by atoms with Gasteiger partial charge in [0.1, 0.15) is 12.4 Å². The van der Waals surface area contributed by atoms with E-state index in [0.717, 1.165) is 16.9 Å². The van der Waals surface area contributed by atoms with Crippen LogP contribution in [-0.2, 0) is 17.9 Å². The van der Waals surface area contributed by atoms with E-state index in [1.807, 2.05) is 37.5 Å². The highest BCUT2D eigenvalue weighted by molar-refractivity contribution is 7.99. The fourth-order valence-corrected chi connectivity index (χ4v) is 3.96. The average Bonchev–Trinajstić information content (AvgIpc) is 3.12. The molecule has 1 heterocycles. The van der Waals surface area contributed by atoms with E-state index in [4.69, 9.17) is 10.5 Å². The van der Waals surface area contributed by atoms with Crippen LogP contribution in [0.4, 0.5) is 5.69 Å². The summed E-state index contributed by atoms with van der Waals surface area (Å²) in [4.78, 5) is 23.9. The number of carbonyl (C=O) groups is 2. The van der Waals surface area contributed by atoms with Gasteiger partial charge in [0.2, 0.25) is 5.91 Å². The van der Waals surface area contributed by atoms with Crippen molar-refractivity contribution in [3.8, 4) is 5.75 Å². The molecule has 0 aliphatic heterocycles. The molecule has 0 radical (unpaired) electrons. The number of aromatic nitrogens is 3. The summed E-state index contributed by atoms with van der Waals surface area (Å²) in [5, 5.41) is 11.8. The van der Waals surface area contributed by atoms with Gasteiger partial charge in [-0.25, -0.2) is 0 Å². The van der Waals surface area contributed by atoms with E-state index in [-0.39, 0.29) is 23.8 Å². The maximum atomic E-state index is 12.4. The fourth-order valence-electron chi connectivity index (χ4n) is 3.14. The smallest absolute Gasteiger partial charge is 0.250 e. The molecule has 3 aromatic rings. The van der Waals surface area contributed by atoms with E-state index in [1.54, 1.807) is 24.3 Å². The molecule has 3 N–H and O–H groups in total. The van der Waals surface area contributed by atoms with E-state index in [0.29, 0.717) is 23.2 Å². The summed E-state index contributed by atoms with van der Waals surface area (Å²) in [6, 6.07) is 12.7. The number of thioether (sulfide) groups is 1. The maximum Gasteiger partial charge on any atom is 0.250 e. The molecule has 8 nitrogen and oxygen atoms in total. The predicted octanol–water partition coefficient (Wildman–Crippen LogP) is 3.32. The number of rotatable bonds is 9. The van der Waals surface area contributed by atoms with Gasteiger partial charge in [-0.3, -0.25) is 9.59 Å². The number of nitrogens with one attached hydrogen (secondary N) is 1. The van der Waals surface area contributed by atoms with Crippen molar-refractivity contribution in [2.45, 2.75) is 39.1 Å². The van der Waals surface area contributed by atoms with Crippen LogP contribution < -0.4 is 15.8 Å². The number of anilines is 1. The van der Waals surface area contributed by atoms with Crippen molar-refractivity contribution in [3.63, 3.8) is 0 Å². The molecule has 0 saturated heterocycles. The Hall–Kier alpha value is -3.33. The van der Waals surface area contributed by atoms with Crippen LogP contribution in [0.5, 0.6) is 5.75 Å². The Morgan fingerprint density at radius 1 is 1.13 bits per heavy atom. The Labute approximate surface area is 185 Å². The second kappa shape index (κ2) is 10.1. The number of aryl methyl sites for hydroxylation is 2. The molecule has 0 aliphatic carbocycles. The van der Waals surface area contributed by atoms with Crippen molar-refractivity contribution < 1.29 is 14.3 Å². The highest BCUT2D eigenvalue weighted by atomic mass is 32.2. The van der Waals surface area contributed by atoms with Crippen molar-refractivity contribution in [2.24, 2.45) is 5.73 Å². The number of hydrogen-bond donors (Lipinski definition) is 2. The minimum atomic E-state index is -0.595. The topological polar surface area (TPSA) is 112 Å². The van der Waals surface area contributed by atoms with Crippen LogP contribution in [0.3, 0.4) is 0 Å². The zero-order chi connectivity index (χ0) is 22.4. The number of ether oxygens (including phenoxy) is 1. The summed E-state index contributed by atoms with van der Waals surface area (Å²) in [7, 11) is 0. The van der Waals surface area contributed by atoms with E-state index in [2.05, 4.69) is 21.6 Å². The first-order valence-electron chi connectivity index (χ1n) is 9.82. The Bertz CT molecular complexity index is 1080. The van der Waals surface area contributed by atoms with E-state index in [1.165, 1.54) is 11.8 Å². The van der Waals surface area contributed by atoms with Crippen molar-refractivity contribution in [2.75, 3.05) is 11.1 Å². The van der Waals surface area contributed by atoms with E-state index >= 15 is 0 Å². The Morgan fingerprint density at radius 3 is 2.52 bits per heavy atom. The van der Waals surface area contributed by atoms with Crippen LogP contribution in [0.2, 0.25) is 0 Å². The summed E-state index contributed by atoms with van der Waals surface area (Å²) in [6.07, 6.45) is 0. The largest absolute Gasteiger partial charge is 0.486 e. The molecule has 0 saturated carbocycles. The third kappa shape index (κ3) is 5.85. The lowest BCUT2D eigenvalue weighted by Gasteiger charge is -2.10. The molecule has 0 aliphatic rings. The number of benzene rings is 2. The summed E-state index contributed by atoms with van der Waals surface area (Å²) in [5.41, 5.74) is 8.27. The van der Waals surface area contributed by atoms with Gasteiger partial charge in [-0.2, -0.15) is 0 Å². The van der Waals surface area contributed by atoms with Gasteiger partial charge < -0.3 is 20.4 Å². The van der Waals surface area contributed by atoms with Crippen LogP contribution in [0, 0.1) is 13.8 Å². The molecular formula is C22H25N5O3S. The molecular weight excluding hydrogens is 414 g/mol. The van der Waals surface area contributed by atoms with Gasteiger partial charge in [0, 0.05) is 6.54 Å². The molecule has 0 unspecified atom stereocenters. The number of carbonyl (C=O) groups excluding carboxylic acids is 2. The Balaban J connectivity index is 1.62. The van der Waals surface area contributed by atoms with Crippen LogP contribution >= 0.6 is 11.8 Å². The normalized spacial score (nSPS) is 10.7. The molecule has 31 heavy (non-hydrogen) atoms. The number of nitrogens with zero attached hydrogens (tertiary/aromatic N) is 3. The molecule has 2 aromatic carbocycles. The second-order valence-corrected chi connectivity index (χ2v) is 7.94. The number of primary amides is 1. The molecule has 162 valence electrons. The molecule has 2 amide bonds. The van der Waals surface area contributed by atoms with Gasteiger partial charge in [-0.1, -0.05) is 30.0 Å². The third-order valence-electron chi connectivity index (χ3n) is 4.47. The second-order valence-electron chi connectivity index (χ2n) is 7.00. The fraction of sp³-hybridized carbons (Fsp3) is 0.273. The van der Waals surface area contributed by atoms with Crippen molar-refractivity contribution in [3.05, 3.63) is 65.0 Å². The molecule has 1 aromatic heterocycles. The maximum absolute atomic E-state index is 12.4. The standard InChI is InChI=1S/C22H25N5O3S/c1-4-27-19(12-30-16-10-14(2)9-15(3)11-16)25-26-22(27)31-13-20(28)24-18-8-6-5-7-17(18)21(23)29/h5-11H,4,12-13H2,1-3H3,(H2,23,29)(H,24,28). The Kier molecular flexibility index (Phi) is 7.30. The lowest BCUT2D eigenvalue weighted by atomic mass is 10.1. The van der Waals surface area contributed by atoms with E-state index < -0.39 is 5.91 Å². The summed E-state index contributed by atoms with van der Waals surface area (Å²) in [5.74, 6) is 0.719. The quantitative estimate of drug-likeness (QED) is 0.495. The van der Waals surface area contributed by atoms with E-state index in [9.17, 15) is 9.59 Å². The molecule has 3 rings (SSSR count). The first kappa shape index (κ1) is 22.4. The number of hydrogen-bond acceptors (Lipinski definition) is 6. The lowest BCUT2D eigenvalue weighted by Crippen LogP contribution is -2.19. The van der Waals surface area contributed by atoms with Crippen LogP contribution in [0.15, 0.2) is 47.6 Å². The molecule has 0 atom stereocenters. The Morgan fingerprint density at radius 2 is 1.84 bits per heavy atom. The molecule has 9 heteroatoms. The first-order valence-corrected chi connectivity index (χ1v) is 10.8. The molecule has 0 bridgehead atoms. The average molecular weight is 440 g/mol. The third-order valence-corrected chi connectivity index (χ3v) is 5.44. The number of para-hydroxylation sites is 1. The number of amides is 2.